The van der Waals surface area contributed by atoms with Crippen molar-refractivity contribution in [3.8, 4) is 11.5 Å². The molecule has 0 aliphatic rings. The van der Waals surface area contributed by atoms with Crippen LogP contribution in [0.4, 0.5) is 11.4 Å². The minimum Gasteiger partial charge on any atom is -0.493 e. The lowest BCUT2D eigenvalue weighted by Gasteiger charge is -2.18. The first kappa shape index (κ1) is 29.3. The zero-order chi connectivity index (χ0) is 30.5. The first-order valence-electron chi connectivity index (χ1n) is 13.8. The number of nitrogens with zero attached hydrogens (tertiary/aromatic N) is 2. The zero-order valence-corrected chi connectivity index (χ0v) is 24.2. The van der Waals surface area contributed by atoms with Crippen LogP contribution in [0.2, 0.25) is 0 Å². The van der Waals surface area contributed by atoms with Crippen LogP contribution in [0.15, 0.2) is 83.7 Å². The number of anilines is 1. The SMILES string of the molecule is COc1ccc(CN(C)CCc2ccc(NC(=O)Cc3cccc4c(=O)c5cccc([N+](=O)[O-])c5[nH]c34)cc2)cc1OC. The fourth-order valence-electron chi connectivity index (χ4n) is 5.19. The summed E-state index contributed by atoms with van der Waals surface area (Å²) in [6.07, 6.45) is 0.823. The van der Waals surface area contributed by atoms with Gasteiger partial charge in [0.2, 0.25) is 5.91 Å². The highest BCUT2D eigenvalue weighted by Gasteiger charge is 2.18. The standard InChI is InChI=1S/C33H32N4O6/c1-36(20-22-12-15-28(42-2)29(18-22)43-3)17-16-21-10-13-24(14-11-21)34-30(38)19-23-6-4-7-25-31(23)35-32-26(33(25)39)8-5-9-27(32)37(40)41/h4-15,18H,16-17,19-20H2,1-3H3,(H,34,38)(H,35,39). The highest BCUT2D eigenvalue weighted by atomic mass is 16.6. The van der Waals surface area contributed by atoms with Crippen LogP contribution >= 0.6 is 0 Å². The van der Waals surface area contributed by atoms with Crippen molar-refractivity contribution in [3.63, 3.8) is 0 Å². The number of likely N-dealkylation sites (N-methyl/N-ethyl adjacent to an activating group) is 1. The Morgan fingerprint density at radius 2 is 1.58 bits per heavy atom. The maximum atomic E-state index is 13.1. The molecule has 0 fully saturated rings. The molecule has 0 aliphatic heterocycles. The van der Waals surface area contributed by atoms with Crippen molar-refractivity contribution in [2.45, 2.75) is 19.4 Å². The molecule has 0 spiro atoms. The average Bonchev–Trinajstić information content (AvgIpc) is 3.01. The van der Waals surface area contributed by atoms with E-state index in [1.165, 1.54) is 12.1 Å². The molecule has 0 bridgehead atoms. The number of para-hydroxylation sites is 2. The van der Waals surface area contributed by atoms with E-state index in [1.807, 2.05) is 42.5 Å². The number of benzene rings is 4. The molecule has 2 N–H and O–H groups in total. The Balaban J connectivity index is 1.22. The number of aromatic amines is 1. The molecule has 10 nitrogen and oxygen atoms in total. The Morgan fingerprint density at radius 3 is 2.28 bits per heavy atom. The van der Waals surface area contributed by atoms with Crippen molar-refractivity contribution in [2.75, 3.05) is 33.1 Å². The average molecular weight is 581 g/mol. The molecular formula is C33H32N4O6. The van der Waals surface area contributed by atoms with Gasteiger partial charge in [-0.25, -0.2) is 0 Å². The van der Waals surface area contributed by atoms with Gasteiger partial charge in [0, 0.05) is 30.2 Å². The van der Waals surface area contributed by atoms with Gasteiger partial charge >= 0.3 is 0 Å². The van der Waals surface area contributed by atoms with Crippen LogP contribution in [0.5, 0.6) is 11.5 Å². The number of non-ortho nitro benzene ring substituents is 1. The molecule has 0 unspecified atom stereocenters. The van der Waals surface area contributed by atoms with Crippen molar-refractivity contribution in [1.29, 1.82) is 0 Å². The quantitative estimate of drug-likeness (QED) is 0.121. The molecule has 0 saturated heterocycles. The molecule has 43 heavy (non-hydrogen) atoms. The van der Waals surface area contributed by atoms with Crippen molar-refractivity contribution in [2.24, 2.45) is 0 Å². The van der Waals surface area contributed by atoms with E-state index < -0.39 is 4.92 Å². The summed E-state index contributed by atoms with van der Waals surface area (Å²) in [7, 11) is 5.31. The van der Waals surface area contributed by atoms with Gasteiger partial charge in [-0.3, -0.25) is 19.7 Å². The predicted molar refractivity (Wildman–Crippen MR) is 167 cm³/mol. The molecule has 5 aromatic rings. The molecule has 1 aromatic heterocycles. The minimum atomic E-state index is -0.528. The number of carbonyl (C=O) groups is 1. The molecule has 0 radical (unpaired) electrons. The molecule has 0 aliphatic carbocycles. The monoisotopic (exact) mass is 580 g/mol. The number of nitrogens with one attached hydrogen (secondary N) is 2. The minimum absolute atomic E-state index is 0.0118. The summed E-state index contributed by atoms with van der Waals surface area (Å²) >= 11 is 0. The van der Waals surface area contributed by atoms with Crippen molar-refractivity contribution in [3.05, 3.63) is 116 Å². The van der Waals surface area contributed by atoms with E-state index in [2.05, 4.69) is 22.2 Å². The lowest BCUT2D eigenvalue weighted by Crippen LogP contribution is -2.20. The van der Waals surface area contributed by atoms with Crippen LogP contribution in [-0.2, 0) is 24.2 Å². The van der Waals surface area contributed by atoms with E-state index in [0.29, 0.717) is 33.7 Å². The number of nitro groups is 1. The number of methoxy groups -OCH3 is 2. The second-order valence-corrected chi connectivity index (χ2v) is 10.3. The summed E-state index contributed by atoms with van der Waals surface area (Å²) in [5.41, 5.74) is 3.53. The smallest absolute Gasteiger partial charge is 0.293 e. The van der Waals surface area contributed by atoms with E-state index in [-0.39, 0.29) is 34.3 Å². The number of rotatable bonds is 11. The van der Waals surface area contributed by atoms with Crippen LogP contribution in [0.1, 0.15) is 16.7 Å². The van der Waals surface area contributed by atoms with Gasteiger partial charge in [0.25, 0.3) is 5.69 Å². The van der Waals surface area contributed by atoms with Crippen molar-refractivity contribution < 1.29 is 19.2 Å². The molecule has 5 rings (SSSR count). The van der Waals surface area contributed by atoms with Gasteiger partial charge in [-0.2, -0.15) is 0 Å². The van der Waals surface area contributed by atoms with Crippen LogP contribution in [0.3, 0.4) is 0 Å². The highest BCUT2D eigenvalue weighted by Crippen LogP contribution is 2.28. The zero-order valence-electron chi connectivity index (χ0n) is 24.2. The number of hydrogen-bond donors (Lipinski definition) is 2. The van der Waals surface area contributed by atoms with Crippen LogP contribution in [0.25, 0.3) is 21.8 Å². The largest absolute Gasteiger partial charge is 0.493 e. The Bertz CT molecular complexity index is 1870. The van der Waals surface area contributed by atoms with Gasteiger partial charge in [0.05, 0.1) is 36.5 Å². The Kier molecular flexibility index (Phi) is 8.68. The molecule has 4 aromatic carbocycles. The molecule has 10 heteroatoms. The number of amides is 1. The number of ether oxygens (including phenoxy) is 2. The number of hydrogen-bond acceptors (Lipinski definition) is 7. The number of fused-ring (bicyclic) bond motifs is 2. The fourth-order valence-corrected chi connectivity index (χ4v) is 5.19. The number of pyridine rings is 1. The number of carbonyl (C=O) groups excluding carboxylic acids is 1. The second-order valence-electron chi connectivity index (χ2n) is 10.3. The molecule has 1 amide bonds. The number of aromatic nitrogens is 1. The fraction of sp³-hybridized carbons (Fsp3) is 0.212. The van der Waals surface area contributed by atoms with Gasteiger partial charge in [0.15, 0.2) is 16.9 Å². The second kappa shape index (κ2) is 12.7. The van der Waals surface area contributed by atoms with E-state index in [1.54, 1.807) is 38.5 Å². The van der Waals surface area contributed by atoms with E-state index in [4.69, 9.17) is 9.47 Å². The maximum absolute atomic E-state index is 13.1. The summed E-state index contributed by atoms with van der Waals surface area (Å²) in [6.45, 7) is 1.60. The molecular weight excluding hydrogens is 548 g/mol. The molecule has 0 saturated carbocycles. The van der Waals surface area contributed by atoms with Gasteiger partial charge in [-0.15, -0.1) is 0 Å². The summed E-state index contributed by atoms with van der Waals surface area (Å²) in [6, 6.07) is 23.1. The van der Waals surface area contributed by atoms with Gasteiger partial charge in [-0.05, 0) is 66.6 Å². The Hall–Kier alpha value is -5.22. The van der Waals surface area contributed by atoms with Crippen molar-refractivity contribution in [1.82, 2.24) is 9.88 Å². The lowest BCUT2D eigenvalue weighted by molar-refractivity contribution is -0.383. The summed E-state index contributed by atoms with van der Waals surface area (Å²) < 4.78 is 10.7. The van der Waals surface area contributed by atoms with E-state index in [9.17, 15) is 19.7 Å². The van der Waals surface area contributed by atoms with E-state index >= 15 is 0 Å². The summed E-state index contributed by atoms with van der Waals surface area (Å²) in [4.78, 5) is 42.4. The van der Waals surface area contributed by atoms with E-state index in [0.717, 1.165) is 30.6 Å². The molecule has 220 valence electrons. The lowest BCUT2D eigenvalue weighted by atomic mass is 10.0. The van der Waals surface area contributed by atoms with Gasteiger partial charge < -0.3 is 24.7 Å². The van der Waals surface area contributed by atoms with Crippen LogP contribution in [0, 0.1) is 10.1 Å². The highest BCUT2D eigenvalue weighted by molar-refractivity contribution is 6.00. The summed E-state index contributed by atoms with van der Waals surface area (Å²) in [5, 5.41) is 15.1. The summed E-state index contributed by atoms with van der Waals surface area (Å²) in [5.74, 6) is 1.14. The third-order valence-electron chi connectivity index (χ3n) is 7.40. The number of H-pyrrole nitrogens is 1. The van der Waals surface area contributed by atoms with Gasteiger partial charge in [0.1, 0.15) is 5.52 Å². The normalized spacial score (nSPS) is 11.2. The topological polar surface area (TPSA) is 127 Å². The van der Waals surface area contributed by atoms with Crippen molar-refractivity contribution >= 4 is 39.1 Å². The predicted octanol–water partition coefficient (Wildman–Crippen LogP) is 5.46. The maximum Gasteiger partial charge on any atom is 0.293 e. The van der Waals surface area contributed by atoms with Crippen LogP contribution in [-0.4, -0.2) is 48.5 Å². The molecule has 1 heterocycles. The van der Waals surface area contributed by atoms with Crippen LogP contribution < -0.4 is 20.2 Å². The Morgan fingerprint density at radius 1 is 0.907 bits per heavy atom. The first-order valence-corrected chi connectivity index (χ1v) is 13.8. The first-order chi connectivity index (χ1) is 20.8. The van der Waals surface area contributed by atoms with Gasteiger partial charge in [-0.1, -0.05) is 36.4 Å². The number of nitro benzene ring substituents is 1. The third-order valence-corrected chi connectivity index (χ3v) is 7.40. The molecule has 0 atom stereocenters. The Labute approximate surface area is 248 Å². The third kappa shape index (κ3) is 6.49.